The Morgan fingerprint density at radius 2 is 1.59 bits per heavy atom. The Labute approximate surface area is 171 Å². The van der Waals surface area contributed by atoms with Crippen LogP contribution < -0.4 is 0 Å². The molecule has 2 amide bonds. The molecular weight excluding hydrogens is 397 g/mol. The molecule has 6 nitrogen and oxygen atoms in total. The molecule has 0 bridgehead atoms. The van der Waals surface area contributed by atoms with Gasteiger partial charge >= 0.3 is 0 Å². The van der Waals surface area contributed by atoms with Gasteiger partial charge in [-0.25, -0.2) is 4.39 Å². The van der Waals surface area contributed by atoms with E-state index in [9.17, 15) is 14.0 Å². The van der Waals surface area contributed by atoms with Crippen LogP contribution in [0.15, 0.2) is 59.1 Å². The number of halogens is 2. The van der Waals surface area contributed by atoms with Crippen molar-refractivity contribution >= 4 is 23.4 Å². The van der Waals surface area contributed by atoms with Gasteiger partial charge in [0.05, 0.1) is 5.56 Å². The molecule has 0 N–H and O–H groups in total. The molecule has 0 unspecified atom stereocenters. The van der Waals surface area contributed by atoms with Gasteiger partial charge < -0.3 is 14.3 Å². The van der Waals surface area contributed by atoms with E-state index in [1.54, 1.807) is 11.0 Å². The Morgan fingerprint density at radius 1 is 0.931 bits per heavy atom. The fourth-order valence-electron chi connectivity index (χ4n) is 3.22. The predicted molar refractivity (Wildman–Crippen MR) is 105 cm³/mol. The number of nitrogens with zero attached hydrogens (tertiary/aromatic N) is 3. The van der Waals surface area contributed by atoms with Crippen LogP contribution in [-0.2, 0) is 0 Å². The van der Waals surface area contributed by atoms with Crippen LogP contribution in [0.5, 0.6) is 0 Å². The topological polar surface area (TPSA) is 66.7 Å². The van der Waals surface area contributed by atoms with Crippen molar-refractivity contribution in [2.24, 2.45) is 0 Å². The van der Waals surface area contributed by atoms with Crippen molar-refractivity contribution in [1.82, 2.24) is 15.0 Å². The highest BCUT2D eigenvalue weighted by Crippen LogP contribution is 2.21. The number of carbonyl (C=O) groups excluding carboxylic acids is 2. The van der Waals surface area contributed by atoms with Crippen molar-refractivity contribution in [2.45, 2.75) is 0 Å². The summed E-state index contributed by atoms with van der Waals surface area (Å²) < 4.78 is 19.2. The second kappa shape index (κ2) is 8.05. The van der Waals surface area contributed by atoms with Gasteiger partial charge in [-0.15, -0.1) is 0 Å². The molecule has 2 aromatic carbocycles. The van der Waals surface area contributed by atoms with Gasteiger partial charge in [0.15, 0.2) is 0 Å². The Bertz CT molecular complexity index is 1050. The van der Waals surface area contributed by atoms with E-state index >= 15 is 0 Å². The zero-order valence-electron chi connectivity index (χ0n) is 15.3. The number of hydrogen-bond donors (Lipinski definition) is 0. The lowest BCUT2D eigenvalue weighted by Crippen LogP contribution is -2.50. The molecule has 1 fully saturated rings. The van der Waals surface area contributed by atoms with Crippen LogP contribution in [-0.4, -0.2) is 52.9 Å². The Morgan fingerprint density at radius 3 is 2.28 bits per heavy atom. The molecule has 1 aromatic heterocycles. The van der Waals surface area contributed by atoms with Gasteiger partial charge in [0.25, 0.3) is 11.8 Å². The molecule has 0 radical (unpaired) electrons. The lowest BCUT2D eigenvalue weighted by molar-refractivity contribution is 0.0510. The maximum atomic E-state index is 14.0. The summed E-state index contributed by atoms with van der Waals surface area (Å²) in [6.07, 6.45) is 0. The third kappa shape index (κ3) is 4.00. The SMILES string of the molecule is O=C(c1cc(-c2ccccc2)no1)N1CCN(C(=O)c2cc(Cl)ccc2F)CC1. The highest BCUT2D eigenvalue weighted by Gasteiger charge is 2.28. The largest absolute Gasteiger partial charge is 0.350 e. The first-order valence-electron chi connectivity index (χ1n) is 9.08. The van der Waals surface area contributed by atoms with Crippen molar-refractivity contribution in [2.75, 3.05) is 26.2 Å². The van der Waals surface area contributed by atoms with E-state index < -0.39 is 11.7 Å². The van der Waals surface area contributed by atoms with Crippen LogP contribution in [0.2, 0.25) is 5.02 Å². The van der Waals surface area contributed by atoms with Crippen molar-refractivity contribution in [1.29, 1.82) is 0 Å². The second-order valence-electron chi connectivity index (χ2n) is 6.65. The van der Waals surface area contributed by atoms with Gasteiger partial charge in [-0.05, 0) is 18.2 Å². The molecule has 2 heterocycles. The molecule has 8 heteroatoms. The Hall–Kier alpha value is -3.19. The van der Waals surface area contributed by atoms with Crippen LogP contribution in [0.4, 0.5) is 4.39 Å². The van der Waals surface area contributed by atoms with Crippen molar-refractivity contribution in [3.05, 3.63) is 76.8 Å². The predicted octanol–water partition coefficient (Wildman–Crippen LogP) is 3.73. The summed E-state index contributed by atoms with van der Waals surface area (Å²) >= 11 is 5.87. The van der Waals surface area contributed by atoms with Gasteiger partial charge in [0.1, 0.15) is 11.5 Å². The summed E-state index contributed by atoms with van der Waals surface area (Å²) in [6, 6.07) is 14.9. The number of aromatic nitrogens is 1. The standard InChI is InChI=1S/C21H17ClFN3O3/c22-15-6-7-17(23)16(12-15)20(27)25-8-10-26(11-9-25)21(28)19-13-18(24-29-19)14-4-2-1-3-5-14/h1-7,12-13H,8-11H2. The average molecular weight is 414 g/mol. The van der Waals surface area contributed by atoms with Gasteiger partial charge in [0, 0.05) is 42.8 Å². The average Bonchev–Trinajstić information content (AvgIpc) is 3.25. The summed E-state index contributed by atoms with van der Waals surface area (Å²) in [5, 5.41) is 4.26. The third-order valence-corrected chi connectivity index (χ3v) is 5.04. The first-order chi connectivity index (χ1) is 14.0. The van der Waals surface area contributed by atoms with Crippen LogP contribution in [0.1, 0.15) is 20.9 Å². The molecule has 29 heavy (non-hydrogen) atoms. The molecule has 0 atom stereocenters. The molecule has 0 saturated carbocycles. The minimum absolute atomic E-state index is 0.0694. The van der Waals surface area contributed by atoms with Crippen molar-refractivity contribution in [3.8, 4) is 11.3 Å². The summed E-state index contributed by atoms with van der Waals surface area (Å²) in [4.78, 5) is 28.4. The quantitative estimate of drug-likeness (QED) is 0.656. The van der Waals surface area contributed by atoms with E-state index in [1.807, 2.05) is 30.3 Å². The number of carbonyl (C=O) groups is 2. The van der Waals surface area contributed by atoms with E-state index in [0.717, 1.165) is 5.56 Å². The first kappa shape index (κ1) is 19.1. The number of hydrogen-bond acceptors (Lipinski definition) is 4. The maximum Gasteiger partial charge on any atom is 0.292 e. The van der Waals surface area contributed by atoms with Crippen molar-refractivity contribution in [3.63, 3.8) is 0 Å². The van der Waals surface area contributed by atoms with Gasteiger partial charge in [-0.2, -0.15) is 0 Å². The lowest BCUT2D eigenvalue weighted by atomic mass is 10.1. The highest BCUT2D eigenvalue weighted by atomic mass is 35.5. The zero-order chi connectivity index (χ0) is 20.4. The van der Waals surface area contributed by atoms with Gasteiger partial charge in [0.2, 0.25) is 5.76 Å². The summed E-state index contributed by atoms with van der Waals surface area (Å²) in [7, 11) is 0. The molecule has 1 aliphatic heterocycles. The monoisotopic (exact) mass is 413 g/mol. The molecule has 3 aromatic rings. The molecule has 148 valence electrons. The molecule has 0 aliphatic carbocycles. The fourth-order valence-corrected chi connectivity index (χ4v) is 3.39. The molecule has 4 rings (SSSR count). The van der Waals surface area contributed by atoms with E-state index in [4.69, 9.17) is 16.1 Å². The Kier molecular flexibility index (Phi) is 5.31. The second-order valence-corrected chi connectivity index (χ2v) is 7.09. The molecule has 1 saturated heterocycles. The van der Waals surface area contributed by atoms with Crippen LogP contribution >= 0.6 is 11.6 Å². The minimum Gasteiger partial charge on any atom is -0.350 e. The first-order valence-corrected chi connectivity index (χ1v) is 9.46. The maximum absolute atomic E-state index is 14.0. The van der Waals surface area contributed by atoms with Crippen LogP contribution in [0, 0.1) is 5.82 Å². The highest BCUT2D eigenvalue weighted by molar-refractivity contribution is 6.31. The third-order valence-electron chi connectivity index (χ3n) is 4.80. The fraction of sp³-hybridized carbons (Fsp3) is 0.190. The summed E-state index contributed by atoms with van der Waals surface area (Å²) in [6.45, 7) is 1.20. The molecule has 1 aliphatic rings. The lowest BCUT2D eigenvalue weighted by Gasteiger charge is -2.34. The van der Waals surface area contributed by atoms with E-state index in [1.165, 1.54) is 23.1 Å². The zero-order valence-corrected chi connectivity index (χ0v) is 16.1. The molecule has 0 spiro atoms. The smallest absolute Gasteiger partial charge is 0.292 e. The van der Waals surface area contributed by atoms with E-state index in [-0.39, 0.29) is 30.3 Å². The number of piperazine rings is 1. The van der Waals surface area contributed by atoms with Crippen molar-refractivity contribution < 1.29 is 18.5 Å². The Balaban J connectivity index is 1.41. The number of amides is 2. The normalized spacial score (nSPS) is 14.1. The summed E-state index contributed by atoms with van der Waals surface area (Å²) in [5.74, 6) is -1.21. The van der Waals surface area contributed by atoms with Crippen LogP contribution in [0.25, 0.3) is 11.3 Å². The van der Waals surface area contributed by atoms with Gasteiger partial charge in [-0.1, -0.05) is 47.1 Å². The van der Waals surface area contributed by atoms with Crippen LogP contribution in [0.3, 0.4) is 0 Å². The molecular formula is C21H17ClFN3O3. The van der Waals surface area contributed by atoms with E-state index in [0.29, 0.717) is 23.8 Å². The van der Waals surface area contributed by atoms with Gasteiger partial charge in [-0.3, -0.25) is 9.59 Å². The number of benzene rings is 2. The minimum atomic E-state index is -0.618. The van der Waals surface area contributed by atoms with E-state index in [2.05, 4.69) is 5.16 Å². The summed E-state index contributed by atoms with van der Waals surface area (Å²) in [5.41, 5.74) is 1.37. The number of rotatable bonds is 3.